The topological polar surface area (TPSA) is 51.2 Å². The molecule has 0 radical (unpaired) electrons. The molecule has 3 rings (SSSR count). The van der Waals surface area contributed by atoms with Crippen LogP contribution in [-0.4, -0.2) is 10.9 Å². The fraction of sp³-hybridized carbons (Fsp3) is 0.143. The summed E-state index contributed by atoms with van der Waals surface area (Å²) in [5.41, 5.74) is 3.60. The van der Waals surface area contributed by atoms with Crippen LogP contribution in [0.1, 0.15) is 21.5 Å². The molecule has 4 nitrogen and oxygen atoms in total. The minimum Gasteiger partial charge on any atom is -0.372 e. The van der Waals surface area contributed by atoms with Crippen LogP contribution in [0.15, 0.2) is 41.1 Å². The van der Waals surface area contributed by atoms with E-state index in [0.717, 1.165) is 15.7 Å². The first-order valence-electron chi connectivity index (χ1n) is 5.84. The minimum atomic E-state index is -0.173. The molecule has 2 aromatic rings. The third-order valence-electron chi connectivity index (χ3n) is 2.95. The standard InChI is InChI=1S/C14H11BrN2O2/c15-12-3-10(5-16-6-12)14(18)17-13-2-1-9-7-19-8-11(9)4-13/h1-6H,7-8H2,(H,17,18). The highest BCUT2D eigenvalue weighted by Gasteiger charge is 2.13. The van der Waals surface area contributed by atoms with Gasteiger partial charge in [0, 0.05) is 22.6 Å². The van der Waals surface area contributed by atoms with E-state index in [1.54, 1.807) is 12.3 Å². The summed E-state index contributed by atoms with van der Waals surface area (Å²) >= 11 is 3.30. The van der Waals surface area contributed by atoms with Crippen molar-refractivity contribution in [3.63, 3.8) is 0 Å². The summed E-state index contributed by atoms with van der Waals surface area (Å²) in [7, 11) is 0. The Morgan fingerprint density at radius 3 is 2.89 bits per heavy atom. The maximum atomic E-state index is 12.1. The summed E-state index contributed by atoms with van der Waals surface area (Å²) in [4.78, 5) is 16.0. The zero-order valence-electron chi connectivity index (χ0n) is 10.0. The summed E-state index contributed by atoms with van der Waals surface area (Å²) in [5.74, 6) is -0.173. The van der Waals surface area contributed by atoms with Gasteiger partial charge >= 0.3 is 0 Å². The molecule has 0 bridgehead atoms. The van der Waals surface area contributed by atoms with Gasteiger partial charge in [-0.05, 0) is 45.3 Å². The highest BCUT2D eigenvalue weighted by atomic mass is 79.9. The van der Waals surface area contributed by atoms with E-state index in [9.17, 15) is 4.79 Å². The molecule has 0 atom stereocenters. The Morgan fingerprint density at radius 1 is 1.21 bits per heavy atom. The highest BCUT2D eigenvalue weighted by molar-refractivity contribution is 9.10. The summed E-state index contributed by atoms with van der Waals surface area (Å²) in [6, 6.07) is 7.55. The first kappa shape index (κ1) is 12.3. The van der Waals surface area contributed by atoms with E-state index in [0.29, 0.717) is 18.8 Å². The Balaban J connectivity index is 1.80. The Bertz CT molecular complexity index is 643. The van der Waals surface area contributed by atoms with Crippen LogP contribution < -0.4 is 5.32 Å². The van der Waals surface area contributed by atoms with Crippen molar-refractivity contribution in [2.75, 3.05) is 5.32 Å². The van der Waals surface area contributed by atoms with Crippen LogP contribution >= 0.6 is 15.9 Å². The smallest absolute Gasteiger partial charge is 0.257 e. The van der Waals surface area contributed by atoms with Gasteiger partial charge in [0.2, 0.25) is 0 Å². The van der Waals surface area contributed by atoms with Gasteiger partial charge < -0.3 is 10.1 Å². The number of pyridine rings is 1. The molecule has 5 heteroatoms. The fourth-order valence-electron chi connectivity index (χ4n) is 1.99. The van der Waals surface area contributed by atoms with Crippen LogP contribution in [-0.2, 0) is 18.0 Å². The van der Waals surface area contributed by atoms with Gasteiger partial charge in [-0.25, -0.2) is 0 Å². The second-order valence-corrected chi connectivity index (χ2v) is 5.24. The summed E-state index contributed by atoms with van der Waals surface area (Å²) in [6.07, 6.45) is 3.18. The third-order valence-corrected chi connectivity index (χ3v) is 3.38. The van der Waals surface area contributed by atoms with Gasteiger partial charge in [0.05, 0.1) is 18.8 Å². The molecule has 0 saturated heterocycles. The lowest BCUT2D eigenvalue weighted by molar-refractivity contribution is 0.102. The maximum Gasteiger partial charge on any atom is 0.257 e. The van der Waals surface area contributed by atoms with Gasteiger partial charge in [-0.3, -0.25) is 9.78 Å². The van der Waals surface area contributed by atoms with E-state index >= 15 is 0 Å². The van der Waals surface area contributed by atoms with Gasteiger partial charge in [0.15, 0.2) is 0 Å². The number of rotatable bonds is 2. The molecule has 1 amide bonds. The average molecular weight is 319 g/mol. The van der Waals surface area contributed by atoms with E-state index in [1.165, 1.54) is 11.8 Å². The Labute approximate surface area is 118 Å². The van der Waals surface area contributed by atoms with Crippen LogP contribution in [0.25, 0.3) is 0 Å². The molecule has 0 fully saturated rings. The second-order valence-electron chi connectivity index (χ2n) is 4.32. The Hall–Kier alpha value is -1.72. The Morgan fingerprint density at radius 2 is 2.05 bits per heavy atom. The zero-order chi connectivity index (χ0) is 13.2. The molecule has 1 aromatic heterocycles. The van der Waals surface area contributed by atoms with E-state index in [-0.39, 0.29) is 5.91 Å². The van der Waals surface area contributed by atoms with Gasteiger partial charge in [-0.15, -0.1) is 0 Å². The van der Waals surface area contributed by atoms with Crippen LogP contribution in [0.3, 0.4) is 0 Å². The summed E-state index contributed by atoms with van der Waals surface area (Å²) < 4.78 is 6.13. The first-order valence-corrected chi connectivity index (χ1v) is 6.63. The van der Waals surface area contributed by atoms with Crippen molar-refractivity contribution in [3.05, 3.63) is 57.8 Å². The van der Waals surface area contributed by atoms with Gasteiger partial charge in [0.25, 0.3) is 5.91 Å². The molecular formula is C14H11BrN2O2. The van der Waals surface area contributed by atoms with E-state index in [4.69, 9.17) is 4.74 Å². The molecular weight excluding hydrogens is 308 g/mol. The number of hydrogen-bond acceptors (Lipinski definition) is 3. The number of carbonyl (C=O) groups excluding carboxylic acids is 1. The van der Waals surface area contributed by atoms with Crippen LogP contribution in [0.4, 0.5) is 5.69 Å². The van der Waals surface area contributed by atoms with Crippen molar-refractivity contribution in [1.29, 1.82) is 0 Å². The predicted octanol–water partition coefficient (Wildman–Crippen LogP) is 3.13. The number of amides is 1. The molecule has 96 valence electrons. The monoisotopic (exact) mass is 318 g/mol. The number of nitrogens with one attached hydrogen (secondary N) is 1. The molecule has 0 spiro atoms. The number of benzene rings is 1. The highest BCUT2D eigenvalue weighted by Crippen LogP contribution is 2.23. The number of ether oxygens (including phenoxy) is 1. The summed E-state index contributed by atoms with van der Waals surface area (Å²) in [6.45, 7) is 1.26. The van der Waals surface area contributed by atoms with Gasteiger partial charge in [0.1, 0.15) is 0 Å². The molecule has 0 unspecified atom stereocenters. The lowest BCUT2D eigenvalue weighted by atomic mass is 10.1. The molecule has 1 aliphatic heterocycles. The SMILES string of the molecule is O=C(Nc1ccc2c(c1)COC2)c1cncc(Br)c1. The third kappa shape index (κ3) is 2.67. The van der Waals surface area contributed by atoms with E-state index in [1.807, 2.05) is 18.2 Å². The van der Waals surface area contributed by atoms with Crippen molar-refractivity contribution >= 4 is 27.5 Å². The zero-order valence-corrected chi connectivity index (χ0v) is 11.6. The molecule has 19 heavy (non-hydrogen) atoms. The van der Waals surface area contributed by atoms with Crippen molar-refractivity contribution in [3.8, 4) is 0 Å². The normalized spacial score (nSPS) is 13.1. The number of fused-ring (bicyclic) bond motifs is 1. The average Bonchev–Trinajstić information content (AvgIpc) is 2.86. The number of halogens is 1. The predicted molar refractivity (Wildman–Crippen MR) is 74.8 cm³/mol. The lowest BCUT2D eigenvalue weighted by Crippen LogP contribution is -2.12. The molecule has 2 heterocycles. The van der Waals surface area contributed by atoms with Crippen LogP contribution in [0.5, 0.6) is 0 Å². The van der Waals surface area contributed by atoms with Crippen molar-refractivity contribution in [1.82, 2.24) is 4.98 Å². The molecule has 1 aliphatic rings. The van der Waals surface area contributed by atoms with Crippen molar-refractivity contribution < 1.29 is 9.53 Å². The molecule has 0 aliphatic carbocycles. The van der Waals surface area contributed by atoms with Crippen LogP contribution in [0.2, 0.25) is 0 Å². The maximum absolute atomic E-state index is 12.1. The lowest BCUT2D eigenvalue weighted by Gasteiger charge is -2.06. The molecule has 1 N–H and O–H groups in total. The largest absolute Gasteiger partial charge is 0.372 e. The fourth-order valence-corrected chi connectivity index (χ4v) is 2.35. The van der Waals surface area contributed by atoms with Crippen molar-refractivity contribution in [2.45, 2.75) is 13.2 Å². The number of carbonyl (C=O) groups is 1. The van der Waals surface area contributed by atoms with Gasteiger partial charge in [-0.2, -0.15) is 0 Å². The van der Waals surface area contributed by atoms with Gasteiger partial charge in [-0.1, -0.05) is 6.07 Å². The quantitative estimate of drug-likeness (QED) is 0.925. The molecule has 1 aromatic carbocycles. The number of anilines is 1. The Kier molecular flexibility index (Phi) is 3.31. The van der Waals surface area contributed by atoms with Crippen LogP contribution in [0, 0.1) is 0 Å². The second kappa shape index (κ2) is 5.11. The minimum absolute atomic E-state index is 0.173. The first-order chi connectivity index (χ1) is 9.22. The number of aromatic nitrogens is 1. The van der Waals surface area contributed by atoms with E-state index < -0.39 is 0 Å². The molecule has 0 saturated carbocycles. The van der Waals surface area contributed by atoms with E-state index in [2.05, 4.69) is 26.2 Å². The van der Waals surface area contributed by atoms with Crippen molar-refractivity contribution in [2.24, 2.45) is 0 Å². The number of hydrogen-bond donors (Lipinski definition) is 1. The summed E-state index contributed by atoms with van der Waals surface area (Å²) in [5, 5.41) is 2.86. The number of nitrogens with zero attached hydrogens (tertiary/aromatic N) is 1.